The van der Waals surface area contributed by atoms with Crippen LogP contribution >= 0.6 is 0 Å². The summed E-state index contributed by atoms with van der Waals surface area (Å²) in [6.45, 7) is 1.28. The zero-order valence-corrected chi connectivity index (χ0v) is 7.53. The molecule has 0 aliphatic carbocycles. The minimum atomic E-state index is -2.22. The molecule has 1 aromatic rings. The van der Waals surface area contributed by atoms with Gasteiger partial charge in [-0.1, -0.05) is 0 Å². The van der Waals surface area contributed by atoms with Crippen molar-refractivity contribution in [3.05, 3.63) is 18.0 Å². The van der Waals surface area contributed by atoms with E-state index in [1.54, 1.807) is 6.20 Å². The minimum absolute atomic E-state index is 0.111. The van der Waals surface area contributed by atoms with Crippen LogP contribution in [0.25, 0.3) is 0 Å². The smallest absolute Gasteiger partial charge is 0.0983 e. The molecule has 2 atom stereocenters. The molecule has 1 fully saturated rings. The van der Waals surface area contributed by atoms with Crippen LogP contribution in [0.1, 0.15) is 22.7 Å². The lowest BCUT2D eigenvalue weighted by Gasteiger charge is -2.27. The van der Waals surface area contributed by atoms with E-state index in [4.69, 9.17) is 8.85 Å². The van der Waals surface area contributed by atoms with E-state index >= 15 is 0 Å². The molecule has 0 saturated carbocycles. The number of nitrogens with zero attached hydrogens (tertiary/aromatic N) is 2. The van der Waals surface area contributed by atoms with E-state index in [9.17, 15) is 0 Å². The van der Waals surface area contributed by atoms with Gasteiger partial charge < -0.3 is 10.1 Å². The van der Waals surface area contributed by atoms with Crippen molar-refractivity contribution in [1.82, 2.24) is 15.1 Å². The van der Waals surface area contributed by atoms with Crippen LogP contribution in [-0.2, 0) is 11.7 Å². The van der Waals surface area contributed by atoms with Gasteiger partial charge >= 0.3 is 0 Å². The van der Waals surface area contributed by atoms with Crippen LogP contribution in [0, 0.1) is 0 Å². The summed E-state index contributed by atoms with van der Waals surface area (Å²) in [6, 6.07) is 0. The maximum absolute atomic E-state index is 7.22. The Morgan fingerprint density at radius 2 is 2.69 bits per heavy atom. The van der Waals surface area contributed by atoms with Gasteiger partial charge in [-0.05, 0) is 6.92 Å². The second-order valence-corrected chi connectivity index (χ2v) is 3.31. The second kappa shape index (κ2) is 3.47. The quantitative estimate of drug-likeness (QED) is 0.689. The predicted molar refractivity (Wildman–Crippen MR) is 49.4 cm³/mol. The highest BCUT2D eigenvalue weighted by Gasteiger charge is 2.20. The molecule has 0 radical (unpaired) electrons. The third-order valence-electron chi connectivity index (χ3n) is 2.13. The maximum atomic E-state index is 7.22. The van der Waals surface area contributed by atoms with E-state index in [-0.39, 0.29) is 12.2 Å². The Kier molecular flexibility index (Phi) is 1.54. The molecule has 0 aromatic carbocycles. The predicted octanol–water partition coefficient (Wildman–Crippen LogP) is 0.469. The van der Waals surface area contributed by atoms with E-state index < -0.39 is 6.98 Å². The van der Waals surface area contributed by atoms with E-state index in [1.165, 1.54) is 6.20 Å². The van der Waals surface area contributed by atoms with Crippen molar-refractivity contribution in [3.8, 4) is 0 Å². The zero-order valence-electron chi connectivity index (χ0n) is 10.5. The fraction of sp³-hybridized carbons (Fsp3) is 0.667. The molecular formula is C9H15N3O. The summed E-state index contributed by atoms with van der Waals surface area (Å²) < 4.78 is 28.3. The van der Waals surface area contributed by atoms with Crippen molar-refractivity contribution in [1.29, 1.82) is 0 Å². The summed E-state index contributed by atoms with van der Waals surface area (Å²) in [7, 11) is 0. The highest BCUT2D eigenvalue weighted by molar-refractivity contribution is 5.09. The lowest BCUT2D eigenvalue weighted by Crippen LogP contribution is -2.38. The van der Waals surface area contributed by atoms with Gasteiger partial charge in [0.2, 0.25) is 0 Å². The van der Waals surface area contributed by atoms with Crippen LogP contribution in [-0.4, -0.2) is 29.0 Å². The highest BCUT2D eigenvalue weighted by Crippen LogP contribution is 2.19. The lowest BCUT2D eigenvalue weighted by atomic mass is 10.1. The molecule has 1 aliphatic heterocycles. The molecule has 0 bridgehead atoms. The molecule has 1 N–H and O–H groups in total. The number of ether oxygens (including phenoxy) is 1. The molecule has 1 saturated heterocycles. The first kappa shape index (κ1) is 5.78. The average Bonchev–Trinajstić information content (AvgIpc) is 2.65. The van der Waals surface area contributed by atoms with Gasteiger partial charge in [0, 0.05) is 35.9 Å². The molecule has 4 heteroatoms. The number of nitrogens with one attached hydrogen (secondary N) is 1. The molecule has 1 aromatic heterocycles. The van der Waals surface area contributed by atoms with Gasteiger partial charge in [-0.2, -0.15) is 5.10 Å². The number of morpholine rings is 1. The average molecular weight is 184 g/mol. The van der Waals surface area contributed by atoms with Crippen LogP contribution in [0.3, 0.4) is 0 Å². The third-order valence-corrected chi connectivity index (χ3v) is 2.13. The minimum Gasteiger partial charge on any atom is -0.368 e. The van der Waals surface area contributed by atoms with Gasteiger partial charge in [-0.3, -0.25) is 4.68 Å². The van der Waals surface area contributed by atoms with Gasteiger partial charge in [-0.15, -0.1) is 0 Å². The number of rotatable bonds is 1. The van der Waals surface area contributed by atoms with Gasteiger partial charge in [0.15, 0.2) is 0 Å². The molecule has 13 heavy (non-hydrogen) atoms. The van der Waals surface area contributed by atoms with Crippen molar-refractivity contribution in [2.24, 2.45) is 6.98 Å². The SMILES string of the molecule is [2H]C([2H])([2H])n1cc([C@H]2CNC[C@@H](C)O2)cn1. The van der Waals surface area contributed by atoms with Crippen LogP contribution in [0.2, 0.25) is 0 Å². The normalized spacial score (nSPS) is 33.5. The van der Waals surface area contributed by atoms with E-state index in [1.807, 2.05) is 6.92 Å². The van der Waals surface area contributed by atoms with Crippen LogP contribution in [0.5, 0.6) is 0 Å². The molecule has 72 valence electrons. The number of aryl methyl sites for hydroxylation is 1. The molecule has 4 nitrogen and oxygen atoms in total. The Hall–Kier alpha value is -0.870. The van der Waals surface area contributed by atoms with E-state index in [0.717, 1.165) is 16.8 Å². The topological polar surface area (TPSA) is 39.1 Å². The first-order valence-corrected chi connectivity index (χ1v) is 4.38. The van der Waals surface area contributed by atoms with Crippen LogP contribution < -0.4 is 5.32 Å². The van der Waals surface area contributed by atoms with Gasteiger partial charge in [0.05, 0.1) is 18.4 Å². The molecule has 2 heterocycles. The Morgan fingerprint density at radius 1 is 1.77 bits per heavy atom. The fourth-order valence-electron chi connectivity index (χ4n) is 1.49. The lowest BCUT2D eigenvalue weighted by molar-refractivity contribution is -0.0287. The summed E-state index contributed by atoms with van der Waals surface area (Å²) in [6.07, 6.45) is 3.10. The van der Waals surface area contributed by atoms with Crippen molar-refractivity contribution in [2.75, 3.05) is 13.1 Å². The van der Waals surface area contributed by atoms with E-state index in [0.29, 0.717) is 6.54 Å². The summed E-state index contributed by atoms with van der Waals surface area (Å²) in [5, 5.41) is 7.06. The summed E-state index contributed by atoms with van der Waals surface area (Å²) in [5.74, 6) is 0. The largest absolute Gasteiger partial charge is 0.368 e. The Bertz CT molecular complexity index is 363. The summed E-state index contributed by atoms with van der Waals surface area (Å²) in [4.78, 5) is 0. The summed E-state index contributed by atoms with van der Waals surface area (Å²) in [5.41, 5.74) is 0.801. The molecule has 1 aliphatic rings. The highest BCUT2D eigenvalue weighted by atomic mass is 16.5. The van der Waals surface area contributed by atoms with Crippen LogP contribution in [0.15, 0.2) is 12.4 Å². The monoisotopic (exact) mass is 184 g/mol. The van der Waals surface area contributed by atoms with Gasteiger partial charge in [0.25, 0.3) is 0 Å². The Morgan fingerprint density at radius 3 is 3.38 bits per heavy atom. The Labute approximate surface area is 82.1 Å². The number of hydrogen-bond donors (Lipinski definition) is 1. The molecule has 0 spiro atoms. The second-order valence-electron chi connectivity index (χ2n) is 3.31. The molecule has 2 rings (SSSR count). The fourth-order valence-corrected chi connectivity index (χ4v) is 1.49. The summed E-state index contributed by atoms with van der Waals surface area (Å²) >= 11 is 0. The number of hydrogen-bond acceptors (Lipinski definition) is 3. The maximum Gasteiger partial charge on any atom is 0.0983 e. The van der Waals surface area contributed by atoms with Crippen molar-refractivity contribution in [2.45, 2.75) is 19.1 Å². The van der Waals surface area contributed by atoms with Crippen molar-refractivity contribution in [3.63, 3.8) is 0 Å². The number of aromatic nitrogens is 2. The van der Waals surface area contributed by atoms with Crippen molar-refractivity contribution >= 4 is 0 Å². The first-order valence-electron chi connectivity index (χ1n) is 5.88. The Balaban J connectivity index is 2.12. The molecular weight excluding hydrogens is 166 g/mol. The third kappa shape index (κ3) is 1.89. The molecule has 0 unspecified atom stereocenters. The van der Waals surface area contributed by atoms with Gasteiger partial charge in [0.1, 0.15) is 0 Å². The van der Waals surface area contributed by atoms with Gasteiger partial charge in [-0.25, -0.2) is 0 Å². The first-order chi connectivity index (χ1) is 7.47. The van der Waals surface area contributed by atoms with Crippen molar-refractivity contribution < 1.29 is 8.85 Å². The molecule has 0 amide bonds. The standard InChI is InChI=1S/C9H15N3O/c1-7-3-10-5-9(13-7)8-4-11-12(2)6-8/h4,6-7,9-10H,3,5H2,1-2H3/t7-,9-/m1/s1/i2D3. The van der Waals surface area contributed by atoms with Crippen LogP contribution in [0.4, 0.5) is 0 Å². The van der Waals surface area contributed by atoms with E-state index in [2.05, 4.69) is 10.4 Å². The zero-order chi connectivity index (χ0) is 11.8.